The van der Waals surface area contributed by atoms with E-state index in [9.17, 15) is 18.0 Å². The lowest BCUT2D eigenvalue weighted by Crippen LogP contribution is -2.27. The standard InChI is InChI=1S/C15H14N4O4S2/c16-25(22,23)8-10-2-1-3-11(6-10)18-13(20)7-19-9-17-14-12(15(19)21)4-5-24-14/h1-6,9H,7-8H2,(H,18,20)(H2,16,22,23). The minimum atomic E-state index is -3.66. The first-order valence-corrected chi connectivity index (χ1v) is 9.73. The molecular weight excluding hydrogens is 364 g/mol. The normalized spacial score (nSPS) is 11.6. The van der Waals surface area contributed by atoms with Crippen LogP contribution in [0.4, 0.5) is 5.69 Å². The van der Waals surface area contributed by atoms with Gasteiger partial charge in [-0.2, -0.15) is 0 Å². The Labute approximate surface area is 147 Å². The van der Waals surface area contributed by atoms with Crippen LogP contribution >= 0.6 is 11.3 Å². The number of nitrogens with two attached hydrogens (primary N) is 1. The molecule has 1 aromatic carbocycles. The Bertz CT molecular complexity index is 1100. The van der Waals surface area contributed by atoms with Crippen molar-refractivity contribution in [2.75, 3.05) is 5.32 Å². The van der Waals surface area contributed by atoms with E-state index in [0.29, 0.717) is 21.5 Å². The molecule has 0 aliphatic carbocycles. The number of nitrogens with one attached hydrogen (secondary N) is 1. The third kappa shape index (κ3) is 4.29. The van der Waals surface area contributed by atoms with Crippen molar-refractivity contribution in [2.24, 2.45) is 5.14 Å². The van der Waals surface area contributed by atoms with Gasteiger partial charge in [-0.1, -0.05) is 12.1 Å². The van der Waals surface area contributed by atoms with E-state index < -0.39 is 15.9 Å². The highest BCUT2D eigenvalue weighted by Crippen LogP contribution is 2.14. The molecule has 3 rings (SSSR count). The molecular formula is C15H14N4O4S2. The van der Waals surface area contributed by atoms with Gasteiger partial charge in [-0.05, 0) is 29.1 Å². The second kappa shape index (κ2) is 6.75. The molecule has 0 saturated carbocycles. The van der Waals surface area contributed by atoms with Gasteiger partial charge >= 0.3 is 0 Å². The van der Waals surface area contributed by atoms with Crippen LogP contribution in [0.15, 0.2) is 46.8 Å². The van der Waals surface area contributed by atoms with Crippen LogP contribution in [-0.4, -0.2) is 23.9 Å². The molecule has 1 amide bonds. The Morgan fingerprint density at radius 1 is 1.32 bits per heavy atom. The van der Waals surface area contributed by atoms with Crippen molar-refractivity contribution >= 4 is 43.2 Å². The summed E-state index contributed by atoms with van der Waals surface area (Å²) in [6.07, 6.45) is 1.33. The van der Waals surface area contributed by atoms with Gasteiger partial charge in [0.2, 0.25) is 15.9 Å². The summed E-state index contributed by atoms with van der Waals surface area (Å²) in [5.41, 5.74) is 0.590. The molecule has 0 unspecified atom stereocenters. The Morgan fingerprint density at radius 2 is 2.12 bits per heavy atom. The van der Waals surface area contributed by atoms with Crippen LogP contribution in [0.5, 0.6) is 0 Å². The lowest BCUT2D eigenvalue weighted by molar-refractivity contribution is -0.116. The Morgan fingerprint density at radius 3 is 2.88 bits per heavy atom. The number of nitrogens with zero attached hydrogens (tertiary/aromatic N) is 2. The van der Waals surface area contributed by atoms with E-state index in [-0.39, 0.29) is 17.9 Å². The fourth-order valence-electron chi connectivity index (χ4n) is 2.33. The summed E-state index contributed by atoms with van der Waals surface area (Å²) in [5.74, 6) is -0.749. The third-order valence-corrected chi connectivity index (χ3v) is 4.90. The van der Waals surface area contributed by atoms with Gasteiger partial charge in [-0.25, -0.2) is 18.5 Å². The van der Waals surface area contributed by atoms with Gasteiger partial charge in [0.25, 0.3) is 5.56 Å². The SMILES string of the molecule is NS(=O)(=O)Cc1cccc(NC(=O)Cn2cnc3sccc3c2=O)c1. The minimum absolute atomic E-state index is 0.197. The molecule has 0 spiro atoms. The second-order valence-electron chi connectivity index (χ2n) is 5.37. The summed E-state index contributed by atoms with van der Waals surface area (Å²) in [6, 6.07) is 8.01. The first-order chi connectivity index (χ1) is 11.8. The number of primary sulfonamides is 1. The smallest absolute Gasteiger partial charge is 0.262 e. The fraction of sp³-hybridized carbons (Fsp3) is 0.133. The van der Waals surface area contributed by atoms with Gasteiger partial charge in [0.1, 0.15) is 11.4 Å². The van der Waals surface area contributed by atoms with Gasteiger partial charge in [0, 0.05) is 5.69 Å². The molecule has 25 heavy (non-hydrogen) atoms. The summed E-state index contributed by atoms with van der Waals surface area (Å²) in [4.78, 5) is 29.2. The van der Waals surface area contributed by atoms with Crippen LogP contribution in [-0.2, 0) is 27.1 Å². The number of sulfonamides is 1. The van der Waals surface area contributed by atoms with Gasteiger partial charge in [-0.3, -0.25) is 14.2 Å². The number of rotatable bonds is 5. The maximum atomic E-state index is 12.3. The predicted molar refractivity (Wildman–Crippen MR) is 95.8 cm³/mol. The highest BCUT2D eigenvalue weighted by molar-refractivity contribution is 7.88. The Balaban J connectivity index is 1.75. The number of benzene rings is 1. The van der Waals surface area contributed by atoms with Gasteiger partial charge < -0.3 is 5.32 Å². The lowest BCUT2D eigenvalue weighted by atomic mass is 10.2. The summed E-state index contributed by atoms with van der Waals surface area (Å²) in [7, 11) is -3.66. The van der Waals surface area contributed by atoms with Crippen molar-refractivity contribution in [3.8, 4) is 0 Å². The molecule has 0 radical (unpaired) electrons. The van der Waals surface area contributed by atoms with E-state index in [1.165, 1.54) is 28.3 Å². The van der Waals surface area contributed by atoms with E-state index in [4.69, 9.17) is 5.14 Å². The van der Waals surface area contributed by atoms with Gasteiger partial charge in [0.15, 0.2) is 0 Å². The quantitative estimate of drug-likeness (QED) is 0.682. The third-order valence-electron chi connectivity index (χ3n) is 3.34. The predicted octanol–water partition coefficient (Wildman–Crippen LogP) is 0.885. The number of carbonyl (C=O) groups is 1. The zero-order chi connectivity index (χ0) is 18.0. The highest BCUT2D eigenvalue weighted by atomic mass is 32.2. The zero-order valence-electron chi connectivity index (χ0n) is 12.9. The average Bonchev–Trinajstić information content (AvgIpc) is 2.98. The van der Waals surface area contributed by atoms with Crippen LogP contribution in [0.3, 0.4) is 0 Å². The molecule has 10 heteroatoms. The molecule has 2 aromatic heterocycles. The van der Waals surface area contributed by atoms with Gasteiger partial charge in [-0.15, -0.1) is 11.3 Å². The number of amides is 1. The lowest BCUT2D eigenvalue weighted by Gasteiger charge is -2.08. The largest absolute Gasteiger partial charge is 0.325 e. The molecule has 130 valence electrons. The number of hydrogen-bond donors (Lipinski definition) is 2. The Kier molecular flexibility index (Phi) is 4.66. The number of fused-ring (bicyclic) bond motifs is 1. The molecule has 0 bridgehead atoms. The molecule has 8 nitrogen and oxygen atoms in total. The summed E-state index contributed by atoms with van der Waals surface area (Å²) >= 11 is 1.35. The fourth-order valence-corrected chi connectivity index (χ4v) is 3.70. The highest BCUT2D eigenvalue weighted by Gasteiger charge is 2.10. The topological polar surface area (TPSA) is 124 Å². The van der Waals surface area contributed by atoms with Crippen LogP contribution in [0, 0.1) is 0 Å². The van der Waals surface area contributed by atoms with Crippen LogP contribution in [0.1, 0.15) is 5.56 Å². The molecule has 2 heterocycles. The van der Waals surface area contributed by atoms with Crippen molar-refractivity contribution in [1.82, 2.24) is 9.55 Å². The number of aromatic nitrogens is 2. The number of thiophene rings is 1. The zero-order valence-corrected chi connectivity index (χ0v) is 14.5. The van der Waals surface area contributed by atoms with Crippen molar-refractivity contribution in [3.63, 3.8) is 0 Å². The van der Waals surface area contributed by atoms with E-state index in [0.717, 1.165) is 0 Å². The molecule has 0 saturated heterocycles. The maximum absolute atomic E-state index is 12.3. The Hall–Kier alpha value is -2.56. The van der Waals surface area contributed by atoms with E-state index >= 15 is 0 Å². The first kappa shape index (κ1) is 17.3. The minimum Gasteiger partial charge on any atom is -0.325 e. The number of anilines is 1. The molecule has 0 atom stereocenters. The van der Waals surface area contributed by atoms with Crippen LogP contribution < -0.4 is 16.0 Å². The number of carbonyl (C=O) groups excluding carboxylic acids is 1. The van der Waals surface area contributed by atoms with Crippen molar-refractivity contribution in [2.45, 2.75) is 12.3 Å². The molecule has 3 N–H and O–H groups in total. The van der Waals surface area contributed by atoms with Crippen LogP contribution in [0.25, 0.3) is 10.2 Å². The summed E-state index contributed by atoms with van der Waals surface area (Å²) < 4.78 is 23.5. The second-order valence-corrected chi connectivity index (χ2v) is 7.88. The maximum Gasteiger partial charge on any atom is 0.262 e. The monoisotopic (exact) mass is 378 g/mol. The molecule has 0 aliphatic rings. The number of hydrogen-bond acceptors (Lipinski definition) is 6. The van der Waals surface area contributed by atoms with Gasteiger partial charge in [0.05, 0.1) is 17.5 Å². The van der Waals surface area contributed by atoms with Crippen LogP contribution in [0.2, 0.25) is 0 Å². The average molecular weight is 378 g/mol. The molecule has 0 aliphatic heterocycles. The molecule has 0 fully saturated rings. The summed E-state index contributed by atoms with van der Waals surface area (Å²) in [6.45, 7) is -0.197. The van der Waals surface area contributed by atoms with Crippen molar-refractivity contribution in [1.29, 1.82) is 0 Å². The molecule has 3 aromatic rings. The van der Waals surface area contributed by atoms with E-state index in [1.807, 2.05) is 0 Å². The van der Waals surface area contributed by atoms with E-state index in [1.54, 1.807) is 29.6 Å². The first-order valence-electron chi connectivity index (χ1n) is 7.14. The summed E-state index contributed by atoms with van der Waals surface area (Å²) in [5, 5.41) is 9.87. The van der Waals surface area contributed by atoms with E-state index in [2.05, 4.69) is 10.3 Å². The van der Waals surface area contributed by atoms with Crippen molar-refractivity contribution < 1.29 is 13.2 Å². The van der Waals surface area contributed by atoms with Crippen molar-refractivity contribution in [3.05, 3.63) is 58.0 Å².